The van der Waals surface area contributed by atoms with Crippen LogP contribution in [0, 0.1) is 5.82 Å². The van der Waals surface area contributed by atoms with Gasteiger partial charge in [-0.2, -0.15) is 0 Å². The summed E-state index contributed by atoms with van der Waals surface area (Å²) in [5.74, 6) is -0.144. The molecule has 1 aliphatic rings. The summed E-state index contributed by atoms with van der Waals surface area (Å²) in [5, 5.41) is 3.20. The van der Waals surface area contributed by atoms with E-state index in [1.165, 1.54) is 18.3 Å². The van der Waals surface area contributed by atoms with Gasteiger partial charge >= 0.3 is 0 Å². The van der Waals surface area contributed by atoms with E-state index in [2.05, 4.69) is 10.3 Å². The number of hydrogen-bond acceptors (Lipinski definition) is 4. The van der Waals surface area contributed by atoms with Crippen LogP contribution in [0.2, 0.25) is 0 Å². The fourth-order valence-electron chi connectivity index (χ4n) is 2.26. The van der Waals surface area contributed by atoms with Gasteiger partial charge in [-0.3, -0.25) is 4.79 Å². The quantitative estimate of drug-likeness (QED) is 0.943. The molecule has 6 heteroatoms. The van der Waals surface area contributed by atoms with Gasteiger partial charge in [0.25, 0.3) is 5.91 Å². The van der Waals surface area contributed by atoms with Crippen molar-refractivity contribution >= 4 is 5.91 Å². The van der Waals surface area contributed by atoms with Crippen molar-refractivity contribution in [2.24, 2.45) is 0 Å². The zero-order valence-corrected chi connectivity index (χ0v) is 12.0. The second-order valence-electron chi connectivity index (χ2n) is 4.96. The Balaban J connectivity index is 1.70. The van der Waals surface area contributed by atoms with E-state index in [4.69, 9.17) is 4.74 Å². The van der Waals surface area contributed by atoms with Crippen molar-refractivity contribution in [2.45, 2.75) is 0 Å². The Hall–Kier alpha value is -2.47. The van der Waals surface area contributed by atoms with Crippen LogP contribution in [0.3, 0.4) is 0 Å². The minimum atomic E-state index is -0.453. The predicted octanol–water partition coefficient (Wildman–Crippen LogP) is 2.06. The number of aromatic nitrogens is 1. The Labute approximate surface area is 127 Å². The molecule has 114 valence electrons. The second-order valence-corrected chi connectivity index (χ2v) is 4.96. The van der Waals surface area contributed by atoms with Gasteiger partial charge in [0.2, 0.25) is 5.88 Å². The Kier molecular flexibility index (Phi) is 4.29. The molecular formula is C16H16FN3O2. The molecule has 1 fully saturated rings. The average Bonchev–Trinajstić information content (AvgIpc) is 2.58. The van der Waals surface area contributed by atoms with Crippen molar-refractivity contribution in [1.29, 1.82) is 0 Å². The molecule has 1 aliphatic heterocycles. The first-order valence-electron chi connectivity index (χ1n) is 7.12. The number of rotatable bonds is 3. The Morgan fingerprint density at radius 3 is 2.64 bits per heavy atom. The summed E-state index contributed by atoms with van der Waals surface area (Å²) in [6.07, 6.45) is 1.46. The maximum atomic E-state index is 13.5. The molecule has 0 atom stereocenters. The van der Waals surface area contributed by atoms with Crippen molar-refractivity contribution in [3.63, 3.8) is 0 Å². The molecular weight excluding hydrogens is 285 g/mol. The number of carbonyl (C=O) groups is 1. The van der Waals surface area contributed by atoms with Gasteiger partial charge in [-0.1, -0.05) is 12.1 Å². The van der Waals surface area contributed by atoms with Gasteiger partial charge < -0.3 is 15.0 Å². The molecule has 1 aromatic heterocycles. The highest BCUT2D eigenvalue weighted by molar-refractivity contribution is 5.94. The lowest BCUT2D eigenvalue weighted by molar-refractivity contribution is 0.0735. The third-order valence-corrected chi connectivity index (χ3v) is 3.44. The largest absolute Gasteiger partial charge is 0.436 e. The van der Waals surface area contributed by atoms with Crippen molar-refractivity contribution in [1.82, 2.24) is 15.2 Å². The van der Waals surface area contributed by atoms with Crippen LogP contribution in [0.25, 0.3) is 0 Å². The van der Waals surface area contributed by atoms with Crippen LogP contribution in [0.4, 0.5) is 4.39 Å². The molecule has 1 amide bonds. The standard InChI is InChI=1S/C16H16FN3O2/c17-13-3-1-2-4-14(13)22-15-6-5-12(11-19-15)16(21)20-9-7-18-8-10-20/h1-6,11,18H,7-10H2. The lowest BCUT2D eigenvalue weighted by Gasteiger charge is -2.27. The van der Waals surface area contributed by atoms with Crippen molar-refractivity contribution in [3.8, 4) is 11.6 Å². The fraction of sp³-hybridized carbons (Fsp3) is 0.250. The van der Waals surface area contributed by atoms with E-state index in [1.54, 1.807) is 29.2 Å². The van der Waals surface area contributed by atoms with Gasteiger partial charge in [-0.25, -0.2) is 9.37 Å². The summed E-state index contributed by atoms with van der Waals surface area (Å²) >= 11 is 0. The van der Waals surface area contributed by atoms with Crippen LogP contribution in [0.1, 0.15) is 10.4 Å². The SMILES string of the molecule is O=C(c1ccc(Oc2ccccc2F)nc1)N1CCNCC1. The van der Waals surface area contributed by atoms with E-state index in [-0.39, 0.29) is 17.5 Å². The lowest BCUT2D eigenvalue weighted by atomic mass is 10.2. The molecule has 0 aliphatic carbocycles. The highest BCUT2D eigenvalue weighted by atomic mass is 19.1. The molecule has 22 heavy (non-hydrogen) atoms. The van der Waals surface area contributed by atoms with Crippen LogP contribution < -0.4 is 10.1 Å². The maximum absolute atomic E-state index is 13.5. The zero-order chi connectivity index (χ0) is 15.4. The molecule has 0 spiro atoms. The Morgan fingerprint density at radius 2 is 1.95 bits per heavy atom. The molecule has 0 bridgehead atoms. The van der Waals surface area contributed by atoms with E-state index in [1.807, 2.05) is 0 Å². The van der Waals surface area contributed by atoms with Crippen LogP contribution >= 0.6 is 0 Å². The number of nitrogens with one attached hydrogen (secondary N) is 1. The lowest BCUT2D eigenvalue weighted by Crippen LogP contribution is -2.46. The summed E-state index contributed by atoms with van der Waals surface area (Å²) in [7, 11) is 0. The number of benzene rings is 1. The molecule has 2 aromatic rings. The van der Waals surface area contributed by atoms with Gasteiger partial charge in [0.15, 0.2) is 11.6 Å². The zero-order valence-electron chi connectivity index (χ0n) is 12.0. The van der Waals surface area contributed by atoms with Crippen molar-refractivity contribution in [2.75, 3.05) is 26.2 Å². The molecule has 5 nitrogen and oxygen atoms in total. The highest BCUT2D eigenvalue weighted by Crippen LogP contribution is 2.22. The van der Waals surface area contributed by atoms with Crippen LogP contribution in [-0.2, 0) is 0 Å². The number of halogens is 1. The first kappa shape index (κ1) is 14.5. The fourth-order valence-corrected chi connectivity index (χ4v) is 2.26. The number of amides is 1. The molecule has 3 rings (SSSR count). The number of para-hydroxylation sites is 1. The smallest absolute Gasteiger partial charge is 0.255 e. The molecule has 0 saturated carbocycles. The number of ether oxygens (including phenoxy) is 1. The molecule has 2 heterocycles. The highest BCUT2D eigenvalue weighted by Gasteiger charge is 2.18. The van der Waals surface area contributed by atoms with E-state index >= 15 is 0 Å². The summed E-state index contributed by atoms with van der Waals surface area (Å²) in [6, 6.07) is 9.33. The van der Waals surface area contributed by atoms with Gasteiger partial charge in [-0.05, 0) is 18.2 Å². The molecule has 1 N–H and O–H groups in total. The second kappa shape index (κ2) is 6.53. The number of nitrogens with zero attached hydrogens (tertiary/aromatic N) is 2. The third-order valence-electron chi connectivity index (χ3n) is 3.44. The van der Waals surface area contributed by atoms with Crippen LogP contribution in [0.5, 0.6) is 11.6 Å². The topological polar surface area (TPSA) is 54.5 Å². The Morgan fingerprint density at radius 1 is 1.18 bits per heavy atom. The maximum Gasteiger partial charge on any atom is 0.255 e. The van der Waals surface area contributed by atoms with Gasteiger partial charge in [-0.15, -0.1) is 0 Å². The molecule has 1 saturated heterocycles. The third kappa shape index (κ3) is 3.23. The molecule has 0 radical (unpaired) electrons. The number of carbonyl (C=O) groups excluding carboxylic acids is 1. The minimum Gasteiger partial charge on any atom is -0.436 e. The predicted molar refractivity (Wildman–Crippen MR) is 79.5 cm³/mol. The van der Waals surface area contributed by atoms with E-state index in [9.17, 15) is 9.18 Å². The number of hydrogen-bond donors (Lipinski definition) is 1. The summed E-state index contributed by atoms with van der Waals surface area (Å²) < 4.78 is 18.9. The van der Waals surface area contributed by atoms with Gasteiger partial charge in [0.1, 0.15) is 0 Å². The number of pyridine rings is 1. The Bertz CT molecular complexity index is 655. The summed E-state index contributed by atoms with van der Waals surface area (Å²) in [4.78, 5) is 18.1. The van der Waals surface area contributed by atoms with Crippen LogP contribution in [-0.4, -0.2) is 42.0 Å². The monoisotopic (exact) mass is 301 g/mol. The first-order chi connectivity index (χ1) is 10.7. The van der Waals surface area contributed by atoms with Gasteiger partial charge in [0, 0.05) is 38.4 Å². The van der Waals surface area contributed by atoms with Crippen molar-refractivity contribution in [3.05, 3.63) is 54.0 Å². The minimum absolute atomic E-state index is 0.0496. The molecule has 0 unspecified atom stereocenters. The normalized spacial score (nSPS) is 14.7. The summed E-state index contributed by atoms with van der Waals surface area (Å²) in [5.41, 5.74) is 0.503. The summed E-state index contributed by atoms with van der Waals surface area (Å²) in [6.45, 7) is 2.97. The van der Waals surface area contributed by atoms with Gasteiger partial charge in [0.05, 0.1) is 5.56 Å². The molecule has 1 aromatic carbocycles. The number of piperazine rings is 1. The first-order valence-corrected chi connectivity index (χ1v) is 7.12. The van der Waals surface area contributed by atoms with Crippen molar-refractivity contribution < 1.29 is 13.9 Å². The van der Waals surface area contributed by atoms with Crippen LogP contribution in [0.15, 0.2) is 42.6 Å². The van der Waals surface area contributed by atoms with E-state index in [0.29, 0.717) is 18.7 Å². The van der Waals surface area contributed by atoms with E-state index < -0.39 is 5.82 Å². The average molecular weight is 301 g/mol. The van der Waals surface area contributed by atoms with E-state index in [0.717, 1.165) is 13.1 Å².